The van der Waals surface area contributed by atoms with Crippen LogP contribution in [0.25, 0.3) is 0 Å². The van der Waals surface area contributed by atoms with Crippen molar-refractivity contribution in [1.82, 2.24) is 4.90 Å². The highest BCUT2D eigenvalue weighted by Crippen LogP contribution is 2.25. The van der Waals surface area contributed by atoms with E-state index in [0.29, 0.717) is 6.04 Å². The maximum absolute atomic E-state index is 5.85. The van der Waals surface area contributed by atoms with Gasteiger partial charge in [0.1, 0.15) is 0 Å². The molecule has 0 aromatic heterocycles. The summed E-state index contributed by atoms with van der Waals surface area (Å²) >= 11 is 5.85. The summed E-state index contributed by atoms with van der Waals surface area (Å²) in [6.45, 7) is 3.16. The molecule has 2 aliphatic heterocycles. The fraction of sp³-hybridized carbons (Fsp3) is 1.00. The molecule has 0 spiro atoms. The minimum atomic E-state index is 0.684. The second-order valence-electron chi connectivity index (χ2n) is 4.38. The number of nitrogens with zero attached hydrogens (tertiary/aromatic N) is 1. The third-order valence-corrected chi connectivity index (χ3v) is 3.71. The molecule has 2 nitrogen and oxygen atoms in total. The molecule has 3 heteroatoms. The number of piperidine rings is 1. The first-order valence-electron chi connectivity index (χ1n) is 5.81. The van der Waals surface area contributed by atoms with Gasteiger partial charge in [0.2, 0.25) is 0 Å². The Morgan fingerprint density at radius 2 is 2.21 bits per heavy atom. The Kier molecular flexibility index (Phi) is 4.09. The van der Waals surface area contributed by atoms with E-state index in [1.54, 1.807) is 0 Å². The summed E-state index contributed by atoms with van der Waals surface area (Å²) in [5.74, 6) is 0.800. The van der Waals surface area contributed by atoms with Gasteiger partial charge in [0.15, 0.2) is 0 Å². The molecule has 2 heterocycles. The minimum Gasteiger partial charge on any atom is -0.380 e. The van der Waals surface area contributed by atoms with E-state index >= 15 is 0 Å². The van der Waals surface area contributed by atoms with E-state index in [4.69, 9.17) is 16.3 Å². The van der Waals surface area contributed by atoms with Crippen molar-refractivity contribution in [1.29, 1.82) is 0 Å². The first-order chi connectivity index (χ1) is 6.92. The Balaban J connectivity index is 1.91. The molecular formula is C11H20ClNO. The van der Waals surface area contributed by atoms with Gasteiger partial charge in [-0.25, -0.2) is 0 Å². The van der Waals surface area contributed by atoms with Gasteiger partial charge in [0, 0.05) is 24.6 Å². The van der Waals surface area contributed by atoms with Gasteiger partial charge in [-0.3, -0.25) is 4.90 Å². The first-order valence-corrected chi connectivity index (χ1v) is 6.34. The molecular weight excluding hydrogens is 198 g/mol. The molecule has 2 atom stereocenters. The van der Waals surface area contributed by atoms with E-state index in [2.05, 4.69) is 4.90 Å². The van der Waals surface area contributed by atoms with Crippen molar-refractivity contribution >= 4 is 11.6 Å². The number of alkyl halides is 1. The maximum atomic E-state index is 5.85. The van der Waals surface area contributed by atoms with E-state index in [0.717, 1.165) is 31.6 Å². The van der Waals surface area contributed by atoms with Gasteiger partial charge in [0.25, 0.3) is 0 Å². The summed E-state index contributed by atoms with van der Waals surface area (Å²) in [5.41, 5.74) is 0. The van der Waals surface area contributed by atoms with E-state index in [-0.39, 0.29) is 0 Å². The second kappa shape index (κ2) is 5.34. The zero-order valence-electron chi connectivity index (χ0n) is 8.75. The fourth-order valence-electron chi connectivity index (χ4n) is 2.72. The Morgan fingerprint density at radius 1 is 1.29 bits per heavy atom. The lowest BCUT2D eigenvalue weighted by Gasteiger charge is -2.39. The van der Waals surface area contributed by atoms with Crippen LogP contribution in [-0.2, 0) is 4.74 Å². The standard InChI is InChI=1S/C11H20ClNO/c12-6-4-10-3-1-2-7-13(10)11-5-8-14-9-11/h10-11H,1-9H2. The van der Waals surface area contributed by atoms with Crippen LogP contribution in [0.15, 0.2) is 0 Å². The van der Waals surface area contributed by atoms with Crippen LogP contribution >= 0.6 is 11.6 Å². The van der Waals surface area contributed by atoms with E-state index in [1.807, 2.05) is 0 Å². The predicted molar refractivity (Wildman–Crippen MR) is 58.9 cm³/mol. The van der Waals surface area contributed by atoms with Crippen molar-refractivity contribution < 1.29 is 4.74 Å². The SMILES string of the molecule is ClCCC1CCCCN1C1CCOC1. The maximum Gasteiger partial charge on any atom is 0.0622 e. The van der Waals surface area contributed by atoms with Gasteiger partial charge in [0.05, 0.1) is 6.61 Å². The molecule has 0 aromatic carbocycles. The highest BCUT2D eigenvalue weighted by molar-refractivity contribution is 6.17. The van der Waals surface area contributed by atoms with E-state index in [9.17, 15) is 0 Å². The molecule has 0 aliphatic carbocycles. The Morgan fingerprint density at radius 3 is 2.93 bits per heavy atom. The molecule has 0 N–H and O–H groups in total. The van der Waals surface area contributed by atoms with Crippen molar-refractivity contribution in [2.75, 3.05) is 25.6 Å². The molecule has 2 unspecified atom stereocenters. The summed E-state index contributed by atoms with van der Waals surface area (Å²) in [6.07, 6.45) is 6.45. The smallest absolute Gasteiger partial charge is 0.0622 e. The van der Waals surface area contributed by atoms with Crippen molar-refractivity contribution in [2.45, 2.75) is 44.2 Å². The van der Waals surface area contributed by atoms with Crippen molar-refractivity contribution in [2.24, 2.45) is 0 Å². The summed E-state index contributed by atoms with van der Waals surface area (Å²) in [5, 5.41) is 0. The van der Waals surface area contributed by atoms with Crippen LogP contribution in [0.5, 0.6) is 0 Å². The van der Waals surface area contributed by atoms with Crippen molar-refractivity contribution in [3.05, 3.63) is 0 Å². The summed E-state index contributed by atoms with van der Waals surface area (Å²) in [4.78, 5) is 2.65. The number of halogens is 1. The average molecular weight is 218 g/mol. The van der Waals surface area contributed by atoms with Gasteiger partial charge < -0.3 is 4.74 Å². The fourth-order valence-corrected chi connectivity index (χ4v) is 2.98. The molecule has 0 saturated carbocycles. The molecule has 14 heavy (non-hydrogen) atoms. The van der Waals surface area contributed by atoms with Gasteiger partial charge in [-0.05, 0) is 32.2 Å². The van der Waals surface area contributed by atoms with Crippen LogP contribution in [0.3, 0.4) is 0 Å². The third kappa shape index (κ3) is 2.41. The molecule has 2 saturated heterocycles. The highest BCUT2D eigenvalue weighted by atomic mass is 35.5. The Bertz CT molecular complexity index is 169. The van der Waals surface area contributed by atoms with Gasteiger partial charge in [-0.2, -0.15) is 0 Å². The first kappa shape index (κ1) is 10.7. The normalized spacial score (nSPS) is 34.9. The van der Waals surface area contributed by atoms with Crippen molar-refractivity contribution in [3.8, 4) is 0 Å². The van der Waals surface area contributed by atoms with Crippen LogP contribution in [0.1, 0.15) is 32.1 Å². The molecule has 2 fully saturated rings. The molecule has 2 rings (SSSR count). The zero-order chi connectivity index (χ0) is 9.80. The molecule has 0 radical (unpaired) electrons. The van der Waals surface area contributed by atoms with Gasteiger partial charge in [-0.1, -0.05) is 6.42 Å². The Hall–Kier alpha value is 0.210. The predicted octanol–water partition coefficient (Wildman–Crippen LogP) is 2.26. The minimum absolute atomic E-state index is 0.684. The quantitative estimate of drug-likeness (QED) is 0.673. The highest BCUT2D eigenvalue weighted by Gasteiger charge is 2.30. The lowest BCUT2D eigenvalue weighted by Crippen LogP contribution is -2.46. The van der Waals surface area contributed by atoms with Crippen molar-refractivity contribution in [3.63, 3.8) is 0 Å². The lowest BCUT2D eigenvalue weighted by molar-refractivity contribution is 0.0788. The average Bonchev–Trinajstić information content (AvgIpc) is 2.72. The zero-order valence-corrected chi connectivity index (χ0v) is 9.51. The lowest BCUT2D eigenvalue weighted by atomic mass is 9.97. The number of rotatable bonds is 3. The molecule has 0 bridgehead atoms. The molecule has 0 amide bonds. The molecule has 2 aliphatic rings. The molecule has 0 aromatic rings. The largest absolute Gasteiger partial charge is 0.380 e. The summed E-state index contributed by atoms with van der Waals surface area (Å²) < 4.78 is 5.46. The van der Waals surface area contributed by atoms with Crippen LogP contribution in [0.4, 0.5) is 0 Å². The third-order valence-electron chi connectivity index (χ3n) is 3.49. The Labute approximate surface area is 91.6 Å². The molecule has 82 valence electrons. The van der Waals surface area contributed by atoms with Crippen LogP contribution < -0.4 is 0 Å². The topological polar surface area (TPSA) is 12.5 Å². The van der Waals surface area contributed by atoms with Crippen LogP contribution in [0, 0.1) is 0 Å². The van der Waals surface area contributed by atoms with Crippen LogP contribution in [-0.4, -0.2) is 42.6 Å². The van der Waals surface area contributed by atoms with Gasteiger partial charge >= 0.3 is 0 Å². The van der Waals surface area contributed by atoms with E-state index < -0.39 is 0 Å². The monoisotopic (exact) mass is 217 g/mol. The summed E-state index contributed by atoms with van der Waals surface area (Å²) in [7, 11) is 0. The summed E-state index contributed by atoms with van der Waals surface area (Å²) in [6, 6.07) is 1.41. The number of likely N-dealkylation sites (tertiary alicyclic amines) is 1. The number of hydrogen-bond acceptors (Lipinski definition) is 2. The van der Waals surface area contributed by atoms with Crippen LogP contribution in [0.2, 0.25) is 0 Å². The second-order valence-corrected chi connectivity index (χ2v) is 4.76. The number of ether oxygens (including phenoxy) is 1. The van der Waals surface area contributed by atoms with E-state index in [1.165, 1.54) is 32.2 Å². The number of hydrogen-bond donors (Lipinski definition) is 0. The van der Waals surface area contributed by atoms with Gasteiger partial charge in [-0.15, -0.1) is 11.6 Å².